The summed E-state index contributed by atoms with van der Waals surface area (Å²) in [5.41, 5.74) is 1.70. The van der Waals surface area contributed by atoms with E-state index in [9.17, 15) is 14.9 Å². The average molecular weight is 388 g/mol. The predicted molar refractivity (Wildman–Crippen MR) is 102 cm³/mol. The van der Waals surface area contributed by atoms with E-state index in [0.717, 1.165) is 10.4 Å². The molecule has 0 saturated carbocycles. The van der Waals surface area contributed by atoms with E-state index in [0.29, 0.717) is 22.1 Å². The number of nitrogens with zero attached hydrogens (tertiary/aromatic N) is 2. The van der Waals surface area contributed by atoms with Crippen LogP contribution in [0.5, 0.6) is 0 Å². The molecule has 0 atom stereocenters. The third-order valence-corrected chi connectivity index (χ3v) is 4.92. The molecule has 2 aromatic carbocycles. The van der Waals surface area contributed by atoms with Crippen LogP contribution in [0.3, 0.4) is 0 Å². The third-order valence-electron chi connectivity index (χ3n) is 3.63. The Kier molecular flexibility index (Phi) is 5.60. The van der Waals surface area contributed by atoms with Crippen molar-refractivity contribution in [3.8, 4) is 0 Å². The number of nitro benzene ring substituents is 1. The molecule has 1 aromatic heterocycles. The number of amides is 1. The number of thiazole rings is 1. The zero-order chi connectivity index (χ0) is 18.5. The van der Waals surface area contributed by atoms with Gasteiger partial charge in [-0.2, -0.15) is 0 Å². The summed E-state index contributed by atoms with van der Waals surface area (Å²) in [4.78, 5) is 27.5. The van der Waals surface area contributed by atoms with Crippen molar-refractivity contribution in [2.75, 3.05) is 5.32 Å². The van der Waals surface area contributed by atoms with Gasteiger partial charge in [-0.1, -0.05) is 41.9 Å². The van der Waals surface area contributed by atoms with Gasteiger partial charge in [0.25, 0.3) is 5.69 Å². The third kappa shape index (κ3) is 4.65. The number of aromatic nitrogens is 1. The molecule has 0 spiro atoms. The Balaban J connectivity index is 1.59. The topological polar surface area (TPSA) is 85.1 Å². The van der Waals surface area contributed by atoms with Crippen molar-refractivity contribution < 1.29 is 9.72 Å². The highest BCUT2D eigenvalue weighted by Crippen LogP contribution is 2.24. The van der Waals surface area contributed by atoms with Crippen LogP contribution in [0, 0.1) is 10.1 Å². The SMILES string of the molecule is O=C(Cc1ccc([N+](=O)[O-])cc1)Nc1ncc(Cc2ccccc2Cl)s1. The monoisotopic (exact) mass is 387 g/mol. The van der Waals surface area contributed by atoms with E-state index in [1.807, 2.05) is 24.3 Å². The van der Waals surface area contributed by atoms with Crippen LogP contribution in [-0.4, -0.2) is 15.8 Å². The van der Waals surface area contributed by atoms with Crippen LogP contribution in [0.4, 0.5) is 10.8 Å². The zero-order valence-electron chi connectivity index (χ0n) is 13.5. The molecule has 0 unspecified atom stereocenters. The fourth-order valence-electron chi connectivity index (χ4n) is 2.36. The van der Waals surface area contributed by atoms with E-state index in [-0.39, 0.29) is 18.0 Å². The van der Waals surface area contributed by atoms with Crippen LogP contribution in [0.1, 0.15) is 16.0 Å². The second-order valence-electron chi connectivity index (χ2n) is 5.55. The zero-order valence-corrected chi connectivity index (χ0v) is 15.1. The Morgan fingerprint density at radius 3 is 2.62 bits per heavy atom. The molecule has 1 amide bonds. The first-order valence-corrected chi connectivity index (χ1v) is 8.92. The standard InChI is InChI=1S/C18H14ClN3O3S/c19-16-4-2-1-3-13(16)10-15-11-20-18(26-15)21-17(23)9-12-5-7-14(8-6-12)22(24)25/h1-8,11H,9-10H2,(H,20,21,23). The normalized spacial score (nSPS) is 10.5. The van der Waals surface area contributed by atoms with Gasteiger partial charge in [-0.05, 0) is 17.2 Å². The lowest BCUT2D eigenvalue weighted by molar-refractivity contribution is -0.384. The molecule has 0 aliphatic heterocycles. The molecular formula is C18H14ClN3O3S. The number of hydrogen-bond acceptors (Lipinski definition) is 5. The van der Waals surface area contributed by atoms with Gasteiger partial charge in [0, 0.05) is 34.7 Å². The van der Waals surface area contributed by atoms with Crippen LogP contribution in [0.15, 0.2) is 54.7 Å². The quantitative estimate of drug-likeness (QED) is 0.499. The van der Waals surface area contributed by atoms with Gasteiger partial charge in [-0.3, -0.25) is 14.9 Å². The lowest BCUT2D eigenvalue weighted by atomic mass is 10.1. The smallest absolute Gasteiger partial charge is 0.269 e. The molecule has 0 aliphatic rings. The number of nitro groups is 1. The number of carbonyl (C=O) groups excluding carboxylic acids is 1. The Hall–Kier alpha value is -2.77. The summed E-state index contributed by atoms with van der Waals surface area (Å²) in [6.07, 6.45) is 2.49. The highest BCUT2D eigenvalue weighted by atomic mass is 35.5. The molecule has 3 rings (SSSR count). The van der Waals surface area contributed by atoms with Crippen molar-refractivity contribution in [3.05, 3.63) is 85.9 Å². The second kappa shape index (κ2) is 8.07. The van der Waals surface area contributed by atoms with Crippen LogP contribution in [-0.2, 0) is 17.6 Å². The number of hydrogen-bond donors (Lipinski definition) is 1. The number of non-ortho nitro benzene ring substituents is 1. The molecule has 3 aromatic rings. The van der Waals surface area contributed by atoms with E-state index in [4.69, 9.17) is 11.6 Å². The predicted octanol–water partition coefficient (Wildman–Crippen LogP) is 4.48. The maximum Gasteiger partial charge on any atom is 0.269 e. The van der Waals surface area contributed by atoms with Crippen LogP contribution in [0.2, 0.25) is 5.02 Å². The average Bonchev–Trinajstić information content (AvgIpc) is 3.04. The van der Waals surface area contributed by atoms with Crippen molar-refractivity contribution in [2.24, 2.45) is 0 Å². The summed E-state index contributed by atoms with van der Waals surface area (Å²) in [6.45, 7) is 0. The summed E-state index contributed by atoms with van der Waals surface area (Å²) < 4.78 is 0. The van der Waals surface area contributed by atoms with Crippen molar-refractivity contribution >= 4 is 39.7 Å². The molecule has 132 valence electrons. The van der Waals surface area contributed by atoms with Gasteiger partial charge < -0.3 is 5.32 Å². The number of nitrogens with one attached hydrogen (secondary N) is 1. The van der Waals surface area contributed by atoms with E-state index in [1.54, 1.807) is 18.3 Å². The molecule has 1 heterocycles. The number of carbonyl (C=O) groups is 1. The molecular weight excluding hydrogens is 374 g/mol. The maximum atomic E-state index is 12.1. The van der Waals surface area contributed by atoms with Gasteiger partial charge >= 0.3 is 0 Å². The fourth-order valence-corrected chi connectivity index (χ4v) is 3.42. The molecule has 0 radical (unpaired) electrons. The Morgan fingerprint density at radius 2 is 1.92 bits per heavy atom. The molecule has 0 fully saturated rings. The first-order chi connectivity index (χ1) is 12.5. The molecule has 0 bridgehead atoms. The number of benzene rings is 2. The largest absolute Gasteiger partial charge is 0.302 e. The lowest BCUT2D eigenvalue weighted by Crippen LogP contribution is -2.14. The van der Waals surface area contributed by atoms with Gasteiger partial charge in [0.15, 0.2) is 5.13 Å². The molecule has 0 aliphatic carbocycles. The minimum absolute atomic E-state index is 0.00158. The van der Waals surface area contributed by atoms with Crippen molar-refractivity contribution in [3.63, 3.8) is 0 Å². The van der Waals surface area contributed by atoms with Crippen molar-refractivity contribution in [2.45, 2.75) is 12.8 Å². The summed E-state index contributed by atoms with van der Waals surface area (Å²) in [5, 5.41) is 14.6. The molecule has 26 heavy (non-hydrogen) atoms. The minimum Gasteiger partial charge on any atom is -0.302 e. The van der Waals surface area contributed by atoms with Gasteiger partial charge in [0.1, 0.15) is 0 Å². The van der Waals surface area contributed by atoms with E-state index < -0.39 is 4.92 Å². The summed E-state index contributed by atoms with van der Waals surface area (Å²) in [6, 6.07) is 13.5. The van der Waals surface area contributed by atoms with Gasteiger partial charge in [0.05, 0.1) is 11.3 Å². The number of anilines is 1. The molecule has 6 nitrogen and oxygen atoms in total. The Morgan fingerprint density at radius 1 is 1.19 bits per heavy atom. The summed E-state index contributed by atoms with van der Waals surface area (Å²) in [5.74, 6) is -0.225. The van der Waals surface area contributed by atoms with Crippen molar-refractivity contribution in [1.29, 1.82) is 0 Å². The van der Waals surface area contributed by atoms with E-state index >= 15 is 0 Å². The molecule has 8 heteroatoms. The second-order valence-corrected chi connectivity index (χ2v) is 7.07. The first kappa shape index (κ1) is 18.0. The van der Waals surface area contributed by atoms with Crippen molar-refractivity contribution in [1.82, 2.24) is 4.98 Å². The highest BCUT2D eigenvalue weighted by Gasteiger charge is 2.10. The minimum atomic E-state index is -0.472. The van der Waals surface area contributed by atoms with Gasteiger partial charge in [-0.15, -0.1) is 11.3 Å². The van der Waals surface area contributed by atoms with Crippen LogP contribution < -0.4 is 5.32 Å². The van der Waals surface area contributed by atoms with E-state index in [2.05, 4.69) is 10.3 Å². The van der Waals surface area contributed by atoms with Gasteiger partial charge in [0.2, 0.25) is 5.91 Å². The lowest BCUT2D eigenvalue weighted by Gasteiger charge is -2.02. The van der Waals surface area contributed by atoms with E-state index in [1.165, 1.54) is 23.5 Å². The Labute approximate surface area is 158 Å². The number of rotatable bonds is 6. The first-order valence-electron chi connectivity index (χ1n) is 7.72. The Bertz CT molecular complexity index is 941. The van der Waals surface area contributed by atoms with Crippen LogP contribution >= 0.6 is 22.9 Å². The fraction of sp³-hybridized carbons (Fsp3) is 0.111. The van der Waals surface area contributed by atoms with Gasteiger partial charge in [-0.25, -0.2) is 4.98 Å². The molecule has 1 N–H and O–H groups in total. The molecule has 0 saturated heterocycles. The summed E-state index contributed by atoms with van der Waals surface area (Å²) in [7, 11) is 0. The summed E-state index contributed by atoms with van der Waals surface area (Å²) >= 11 is 7.55. The maximum absolute atomic E-state index is 12.1. The highest BCUT2D eigenvalue weighted by molar-refractivity contribution is 7.15. The number of halogens is 1. The van der Waals surface area contributed by atoms with Crippen LogP contribution in [0.25, 0.3) is 0 Å².